The van der Waals surface area contributed by atoms with Crippen molar-refractivity contribution < 1.29 is 13.9 Å². The number of carbonyl (C=O) groups is 1. The number of hydrogen-bond acceptors (Lipinski definition) is 4. The largest absolute Gasteiger partial charge is 0.481 e. The molecular weight excluding hydrogens is 496 g/mol. The van der Waals surface area contributed by atoms with Gasteiger partial charge in [0.1, 0.15) is 11.5 Å². The lowest BCUT2D eigenvalue weighted by Gasteiger charge is -2.09. The van der Waals surface area contributed by atoms with Gasteiger partial charge in [0.05, 0.1) is 15.2 Å². The van der Waals surface area contributed by atoms with Gasteiger partial charge in [-0.2, -0.15) is 5.10 Å². The van der Waals surface area contributed by atoms with E-state index in [2.05, 4.69) is 58.3 Å². The van der Waals surface area contributed by atoms with E-state index >= 15 is 0 Å². The van der Waals surface area contributed by atoms with Crippen molar-refractivity contribution in [3.05, 3.63) is 55.8 Å². The van der Waals surface area contributed by atoms with Crippen LogP contribution in [0.2, 0.25) is 0 Å². The van der Waals surface area contributed by atoms with Crippen LogP contribution < -0.4 is 10.2 Å². The fourth-order valence-corrected chi connectivity index (χ4v) is 4.00. The summed E-state index contributed by atoms with van der Waals surface area (Å²) in [6, 6.07) is 7.25. The monoisotopic (exact) mass is 504 g/mol. The molecule has 0 aliphatic carbocycles. The van der Waals surface area contributed by atoms with E-state index in [0.717, 1.165) is 13.4 Å². The first-order valence-corrected chi connectivity index (χ1v) is 8.73. The Bertz CT molecular complexity index is 705. The molecule has 0 aliphatic rings. The molecule has 2 aromatic rings. The third kappa shape index (κ3) is 5.96. The number of nitrogens with zero attached hydrogens (tertiary/aromatic N) is 1. The molecule has 0 aliphatic heterocycles. The number of carbonyl (C=O) groups excluding carboxylic acids is 1. The Hall–Kier alpha value is -1.38. The maximum Gasteiger partial charge on any atom is 0.277 e. The maximum absolute atomic E-state index is 11.7. The topological polar surface area (TPSA) is 63.8 Å². The van der Waals surface area contributed by atoms with Gasteiger partial charge in [-0.15, -0.1) is 0 Å². The molecule has 0 saturated heterocycles. The molecule has 0 saturated carbocycles. The third-order valence-electron chi connectivity index (χ3n) is 2.46. The summed E-state index contributed by atoms with van der Waals surface area (Å²) in [5.41, 5.74) is 2.37. The summed E-state index contributed by atoms with van der Waals surface area (Å²) in [5.74, 6) is 0.885. The molecule has 2 rings (SSSR count). The van der Waals surface area contributed by atoms with Gasteiger partial charge in [-0.1, -0.05) is 15.9 Å². The van der Waals surface area contributed by atoms with Crippen LogP contribution in [0.15, 0.2) is 59.5 Å². The summed E-state index contributed by atoms with van der Waals surface area (Å²) in [7, 11) is 0. The molecule has 0 unspecified atom stereocenters. The fraction of sp³-hybridized carbons (Fsp3) is 0.0667. The molecule has 8 heteroatoms. The number of furan rings is 1. The van der Waals surface area contributed by atoms with Crippen LogP contribution in [0.3, 0.4) is 0 Å². The van der Waals surface area contributed by atoms with E-state index in [-0.39, 0.29) is 12.5 Å². The van der Waals surface area contributed by atoms with E-state index in [1.807, 2.05) is 18.2 Å². The summed E-state index contributed by atoms with van der Waals surface area (Å²) < 4.78 is 12.9. The predicted molar refractivity (Wildman–Crippen MR) is 99.4 cm³/mol. The van der Waals surface area contributed by atoms with E-state index in [0.29, 0.717) is 11.5 Å². The fourth-order valence-electron chi connectivity index (χ4n) is 1.51. The Morgan fingerprint density at radius 3 is 2.70 bits per heavy atom. The van der Waals surface area contributed by atoms with Crippen LogP contribution in [-0.4, -0.2) is 18.7 Å². The second-order valence-electron chi connectivity index (χ2n) is 4.17. The van der Waals surface area contributed by atoms with E-state index in [9.17, 15) is 4.79 Å². The summed E-state index contributed by atoms with van der Waals surface area (Å²) in [4.78, 5) is 11.7. The molecule has 1 heterocycles. The SMILES string of the molecule is O=C(COc1c(Br)cc(Br)cc1Br)NN=CC=Cc1ccco1. The zero-order valence-electron chi connectivity index (χ0n) is 11.6. The Morgan fingerprint density at radius 2 is 2.04 bits per heavy atom. The molecule has 1 aromatic carbocycles. The number of amides is 1. The average Bonchev–Trinajstić information content (AvgIpc) is 2.99. The van der Waals surface area contributed by atoms with Crippen molar-refractivity contribution >= 4 is 66.0 Å². The summed E-state index contributed by atoms with van der Waals surface area (Å²) in [6.45, 7) is -0.155. The number of hydrazone groups is 1. The molecule has 120 valence electrons. The maximum atomic E-state index is 11.7. The first kappa shape index (κ1) is 18.0. The second kappa shape index (κ2) is 9.05. The molecule has 1 amide bonds. The van der Waals surface area contributed by atoms with Gasteiger partial charge in [0, 0.05) is 10.7 Å². The molecule has 5 nitrogen and oxygen atoms in total. The second-order valence-corrected chi connectivity index (χ2v) is 6.80. The lowest BCUT2D eigenvalue weighted by Crippen LogP contribution is -2.24. The Labute approximate surface area is 158 Å². The predicted octanol–water partition coefficient (Wildman–Crippen LogP) is 4.76. The quantitative estimate of drug-likeness (QED) is 0.454. The van der Waals surface area contributed by atoms with Crippen LogP contribution in [-0.2, 0) is 4.79 Å². The Morgan fingerprint density at radius 1 is 1.30 bits per heavy atom. The van der Waals surface area contributed by atoms with Gasteiger partial charge < -0.3 is 9.15 Å². The number of halogens is 3. The summed E-state index contributed by atoms with van der Waals surface area (Å²) in [6.07, 6.45) is 6.41. The molecule has 0 atom stereocenters. The van der Waals surface area contributed by atoms with E-state index in [4.69, 9.17) is 9.15 Å². The molecule has 1 N–H and O–H groups in total. The Kier molecular flexibility index (Phi) is 7.07. The number of rotatable bonds is 6. The van der Waals surface area contributed by atoms with Crippen molar-refractivity contribution in [3.8, 4) is 5.75 Å². The van der Waals surface area contributed by atoms with Crippen LogP contribution in [0.5, 0.6) is 5.75 Å². The summed E-state index contributed by atoms with van der Waals surface area (Å²) >= 11 is 10.1. The van der Waals surface area contributed by atoms with Gasteiger partial charge >= 0.3 is 0 Å². The van der Waals surface area contributed by atoms with Gasteiger partial charge in [0.25, 0.3) is 5.91 Å². The van der Waals surface area contributed by atoms with Crippen molar-refractivity contribution in [1.29, 1.82) is 0 Å². The number of nitrogens with one attached hydrogen (secondary N) is 1. The highest BCUT2D eigenvalue weighted by Crippen LogP contribution is 2.36. The Balaban J connectivity index is 1.79. The van der Waals surface area contributed by atoms with Crippen LogP contribution in [0.25, 0.3) is 6.08 Å². The van der Waals surface area contributed by atoms with Crippen molar-refractivity contribution in [2.45, 2.75) is 0 Å². The van der Waals surface area contributed by atoms with Crippen LogP contribution in [0, 0.1) is 0 Å². The van der Waals surface area contributed by atoms with Gasteiger partial charge in [-0.25, -0.2) is 5.43 Å². The minimum absolute atomic E-state index is 0.155. The van der Waals surface area contributed by atoms with Crippen LogP contribution in [0.4, 0.5) is 0 Å². The zero-order valence-corrected chi connectivity index (χ0v) is 16.4. The lowest BCUT2D eigenvalue weighted by molar-refractivity contribution is -0.123. The molecule has 0 spiro atoms. The molecule has 1 aromatic heterocycles. The highest BCUT2D eigenvalue weighted by molar-refractivity contribution is 9.11. The van der Waals surface area contributed by atoms with Crippen LogP contribution in [0.1, 0.15) is 5.76 Å². The smallest absolute Gasteiger partial charge is 0.277 e. The first-order valence-electron chi connectivity index (χ1n) is 6.35. The summed E-state index contributed by atoms with van der Waals surface area (Å²) in [5, 5.41) is 3.78. The third-order valence-corrected chi connectivity index (χ3v) is 4.10. The minimum Gasteiger partial charge on any atom is -0.481 e. The minimum atomic E-state index is -0.366. The number of ether oxygens (including phenoxy) is 1. The lowest BCUT2D eigenvalue weighted by atomic mass is 10.3. The molecule has 0 fully saturated rings. The standard InChI is InChI=1S/C15H11Br3N2O3/c16-10-7-12(17)15(13(18)8-10)23-9-14(21)20-19-5-1-3-11-4-2-6-22-11/h1-8H,9H2,(H,20,21). The van der Waals surface area contributed by atoms with Crippen molar-refractivity contribution in [2.24, 2.45) is 5.10 Å². The van der Waals surface area contributed by atoms with E-state index in [1.54, 1.807) is 24.5 Å². The van der Waals surface area contributed by atoms with Crippen molar-refractivity contribution in [2.75, 3.05) is 6.61 Å². The van der Waals surface area contributed by atoms with Gasteiger partial charge in [0.15, 0.2) is 6.61 Å². The van der Waals surface area contributed by atoms with Gasteiger partial charge in [-0.05, 0) is 68.3 Å². The number of benzene rings is 1. The van der Waals surface area contributed by atoms with Gasteiger partial charge in [0.2, 0.25) is 0 Å². The molecule has 23 heavy (non-hydrogen) atoms. The van der Waals surface area contributed by atoms with Gasteiger partial charge in [-0.3, -0.25) is 4.79 Å². The molecule has 0 bridgehead atoms. The number of hydrogen-bond donors (Lipinski definition) is 1. The highest BCUT2D eigenvalue weighted by atomic mass is 79.9. The van der Waals surface area contributed by atoms with E-state index < -0.39 is 0 Å². The normalized spacial score (nSPS) is 11.3. The number of allylic oxidation sites excluding steroid dienone is 1. The molecular formula is C15H11Br3N2O3. The zero-order chi connectivity index (χ0) is 16.7. The highest BCUT2D eigenvalue weighted by Gasteiger charge is 2.10. The van der Waals surface area contributed by atoms with Crippen LogP contribution >= 0.6 is 47.8 Å². The van der Waals surface area contributed by atoms with E-state index in [1.165, 1.54) is 6.21 Å². The van der Waals surface area contributed by atoms with Crippen molar-refractivity contribution in [1.82, 2.24) is 5.43 Å². The average molecular weight is 507 g/mol. The first-order chi connectivity index (χ1) is 11.1. The molecule has 0 radical (unpaired) electrons. The van der Waals surface area contributed by atoms with Crippen molar-refractivity contribution in [3.63, 3.8) is 0 Å².